The highest BCUT2D eigenvalue weighted by Crippen LogP contribution is 2.29. The highest BCUT2D eigenvalue weighted by atomic mass is 32.2. The van der Waals surface area contributed by atoms with Crippen molar-refractivity contribution in [3.63, 3.8) is 0 Å². The smallest absolute Gasteiger partial charge is 0.294 e. The lowest BCUT2D eigenvalue weighted by Gasteiger charge is -2.27. The molecule has 3 N–H and O–H groups in total. The minimum Gasteiger partial charge on any atom is -0.489 e. The summed E-state index contributed by atoms with van der Waals surface area (Å²) in [4.78, 5) is 3.86. The zero-order valence-corrected chi connectivity index (χ0v) is 14.3. The second-order valence-electron chi connectivity index (χ2n) is 5.98. The molecule has 0 bridgehead atoms. The van der Waals surface area contributed by atoms with Crippen molar-refractivity contribution in [2.75, 3.05) is 13.1 Å². The summed E-state index contributed by atoms with van der Waals surface area (Å²) in [6, 6.07) is 7.94. The van der Waals surface area contributed by atoms with Gasteiger partial charge >= 0.3 is 0 Å². The summed E-state index contributed by atoms with van der Waals surface area (Å²) in [6.07, 6.45) is 3.97. The van der Waals surface area contributed by atoms with Gasteiger partial charge in [-0.1, -0.05) is 6.07 Å². The maximum atomic E-state index is 11.2. The molecule has 0 spiro atoms. The van der Waals surface area contributed by atoms with Crippen molar-refractivity contribution < 1.29 is 22.8 Å². The largest absolute Gasteiger partial charge is 0.489 e. The van der Waals surface area contributed by atoms with Crippen molar-refractivity contribution >= 4 is 10.1 Å². The van der Waals surface area contributed by atoms with Gasteiger partial charge < -0.3 is 15.2 Å². The van der Waals surface area contributed by atoms with Crippen molar-refractivity contribution in [3.8, 4) is 5.75 Å². The van der Waals surface area contributed by atoms with Gasteiger partial charge in [0.05, 0.1) is 11.0 Å². The second-order valence-corrected chi connectivity index (χ2v) is 7.41. The molecule has 7 nitrogen and oxygen atoms in total. The molecule has 134 valence electrons. The third-order valence-corrected chi connectivity index (χ3v) is 4.99. The molecule has 1 aliphatic rings. The lowest BCUT2D eigenvalue weighted by Crippen LogP contribution is -2.36. The van der Waals surface area contributed by atoms with Gasteiger partial charge in [0.1, 0.15) is 11.9 Å². The van der Waals surface area contributed by atoms with Gasteiger partial charge in [0.25, 0.3) is 10.1 Å². The third kappa shape index (κ3) is 4.55. The quantitative estimate of drug-likeness (QED) is 0.664. The van der Waals surface area contributed by atoms with Gasteiger partial charge in [-0.15, -0.1) is 0 Å². The molecule has 0 aliphatic carbocycles. The SMILES string of the molecule is O=S(=O)(O)c1ccc2c(c1)CCC(CNCC(O)c1cccnc1)O2. The van der Waals surface area contributed by atoms with Crippen LogP contribution < -0.4 is 10.1 Å². The fourth-order valence-electron chi connectivity index (χ4n) is 2.80. The van der Waals surface area contributed by atoms with Gasteiger partial charge in [-0.05, 0) is 42.7 Å². The molecule has 8 heteroatoms. The predicted molar refractivity (Wildman–Crippen MR) is 91.1 cm³/mol. The molecule has 2 aromatic rings. The molecular formula is C17H20N2O5S. The van der Waals surface area contributed by atoms with Crippen LogP contribution in [0.15, 0.2) is 47.6 Å². The molecule has 0 radical (unpaired) electrons. The number of aliphatic hydroxyl groups excluding tert-OH is 1. The Bertz CT molecular complexity index is 826. The summed E-state index contributed by atoms with van der Waals surface area (Å²) >= 11 is 0. The van der Waals surface area contributed by atoms with Gasteiger partial charge in [0.15, 0.2) is 0 Å². The van der Waals surface area contributed by atoms with E-state index in [2.05, 4.69) is 10.3 Å². The average molecular weight is 364 g/mol. The minimum absolute atomic E-state index is 0.0646. The van der Waals surface area contributed by atoms with E-state index in [-0.39, 0.29) is 11.0 Å². The molecule has 3 rings (SSSR count). The molecule has 0 fully saturated rings. The predicted octanol–water partition coefficient (Wildman–Crippen LogP) is 1.35. The summed E-state index contributed by atoms with van der Waals surface area (Å²) in [7, 11) is -4.20. The molecule has 0 saturated carbocycles. The van der Waals surface area contributed by atoms with Crippen LogP contribution in [0.25, 0.3) is 0 Å². The number of pyridine rings is 1. The van der Waals surface area contributed by atoms with Gasteiger partial charge in [0.2, 0.25) is 0 Å². The number of fused-ring (bicyclic) bond motifs is 1. The lowest BCUT2D eigenvalue weighted by atomic mass is 10.0. The van der Waals surface area contributed by atoms with Gasteiger partial charge in [-0.25, -0.2) is 0 Å². The maximum absolute atomic E-state index is 11.2. The number of nitrogens with one attached hydrogen (secondary N) is 1. The van der Waals surface area contributed by atoms with Crippen LogP contribution in [0, 0.1) is 0 Å². The van der Waals surface area contributed by atoms with Crippen molar-refractivity contribution in [3.05, 3.63) is 53.9 Å². The summed E-state index contributed by atoms with van der Waals surface area (Å²) in [5.41, 5.74) is 1.52. The van der Waals surface area contributed by atoms with Crippen LogP contribution in [-0.4, -0.2) is 42.3 Å². The van der Waals surface area contributed by atoms with E-state index in [9.17, 15) is 13.5 Å². The summed E-state index contributed by atoms with van der Waals surface area (Å²) in [5, 5.41) is 13.3. The highest BCUT2D eigenvalue weighted by Gasteiger charge is 2.22. The van der Waals surface area contributed by atoms with E-state index in [0.717, 1.165) is 17.5 Å². The summed E-state index contributed by atoms with van der Waals surface area (Å²) < 4.78 is 37.3. The molecule has 1 aromatic carbocycles. The van der Waals surface area contributed by atoms with E-state index in [0.29, 0.717) is 25.3 Å². The number of aromatic nitrogens is 1. The Morgan fingerprint density at radius 3 is 2.92 bits per heavy atom. The number of ether oxygens (including phenoxy) is 1. The second kappa shape index (κ2) is 7.49. The standard InChI is InChI=1S/C17H20N2O5S/c20-16(13-2-1-7-18-9-13)11-19-10-14-4-3-12-8-15(25(21,22)23)5-6-17(12)24-14/h1-2,5-9,14,16,19-20H,3-4,10-11H2,(H,21,22,23). The van der Waals surface area contributed by atoms with Crippen LogP contribution in [0.4, 0.5) is 0 Å². The lowest BCUT2D eigenvalue weighted by molar-refractivity contribution is 0.146. The van der Waals surface area contributed by atoms with Crippen molar-refractivity contribution in [1.82, 2.24) is 10.3 Å². The van der Waals surface area contributed by atoms with E-state index in [1.54, 1.807) is 24.5 Å². The molecule has 1 aliphatic heterocycles. The first-order valence-electron chi connectivity index (χ1n) is 7.99. The van der Waals surface area contributed by atoms with E-state index in [4.69, 9.17) is 9.29 Å². The van der Waals surface area contributed by atoms with Crippen LogP contribution in [-0.2, 0) is 16.5 Å². The van der Waals surface area contributed by atoms with Gasteiger partial charge in [-0.3, -0.25) is 9.54 Å². The third-order valence-electron chi connectivity index (χ3n) is 4.14. The maximum Gasteiger partial charge on any atom is 0.294 e. The van der Waals surface area contributed by atoms with Crippen LogP contribution in [0.5, 0.6) is 5.75 Å². The van der Waals surface area contributed by atoms with E-state index < -0.39 is 16.2 Å². The molecule has 0 amide bonds. The molecule has 25 heavy (non-hydrogen) atoms. The number of aliphatic hydroxyl groups is 1. The Hall–Kier alpha value is -2.00. The molecular weight excluding hydrogens is 344 g/mol. The number of hydrogen-bond acceptors (Lipinski definition) is 6. The van der Waals surface area contributed by atoms with Crippen molar-refractivity contribution in [1.29, 1.82) is 0 Å². The fraction of sp³-hybridized carbons (Fsp3) is 0.353. The Balaban J connectivity index is 1.53. The molecule has 0 saturated heterocycles. The molecule has 1 aromatic heterocycles. The monoisotopic (exact) mass is 364 g/mol. The topological polar surface area (TPSA) is 109 Å². The summed E-state index contributed by atoms with van der Waals surface area (Å²) in [5.74, 6) is 0.623. The van der Waals surface area contributed by atoms with Gasteiger partial charge in [0, 0.05) is 31.0 Å². The number of benzene rings is 1. The Kier molecular flexibility index (Phi) is 5.33. The van der Waals surface area contributed by atoms with Crippen LogP contribution >= 0.6 is 0 Å². The van der Waals surface area contributed by atoms with E-state index in [1.807, 2.05) is 6.07 Å². The molecule has 2 unspecified atom stereocenters. The normalized spacial score (nSPS) is 18.2. The van der Waals surface area contributed by atoms with Crippen molar-refractivity contribution in [2.24, 2.45) is 0 Å². The fourth-order valence-corrected chi connectivity index (χ4v) is 3.33. The molecule has 2 atom stereocenters. The zero-order chi connectivity index (χ0) is 17.9. The van der Waals surface area contributed by atoms with E-state index in [1.165, 1.54) is 12.1 Å². The zero-order valence-electron chi connectivity index (χ0n) is 13.5. The number of hydrogen-bond donors (Lipinski definition) is 3. The number of aryl methyl sites for hydroxylation is 1. The first-order chi connectivity index (χ1) is 11.9. The average Bonchev–Trinajstić information content (AvgIpc) is 2.61. The number of rotatable bonds is 6. The highest BCUT2D eigenvalue weighted by molar-refractivity contribution is 7.85. The van der Waals surface area contributed by atoms with E-state index >= 15 is 0 Å². The van der Waals surface area contributed by atoms with Crippen LogP contribution in [0.1, 0.15) is 23.7 Å². The Morgan fingerprint density at radius 1 is 1.36 bits per heavy atom. The van der Waals surface area contributed by atoms with Crippen LogP contribution in [0.3, 0.4) is 0 Å². The minimum atomic E-state index is -4.20. The Labute approximate surface area is 146 Å². The Morgan fingerprint density at radius 2 is 2.20 bits per heavy atom. The first kappa shape index (κ1) is 17.8. The van der Waals surface area contributed by atoms with Crippen molar-refractivity contribution in [2.45, 2.75) is 29.9 Å². The van der Waals surface area contributed by atoms with Gasteiger partial charge in [-0.2, -0.15) is 8.42 Å². The van der Waals surface area contributed by atoms with Crippen LogP contribution in [0.2, 0.25) is 0 Å². The first-order valence-corrected chi connectivity index (χ1v) is 9.43. The number of nitrogens with zero attached hydrogens (tertiary/aromatic N) is 1. The molecule has 2 heterocycles. The summed E-state index contributed by atoms with van der Waals surface area (Å²) in [6.45, 7) is 0.955.